The predicted octanol–water partition coefficient (Wildman–Crippen LogP) is 1.38. The van der Waals surface area contributed by atoms with Gasteiger partial charge in [-0.15, -0.1) is 0 Å². The molecule has 13 heavy (non-hydrogen) atoms. The number of hydrogen-bond donors (Lipinski definition) is 0. The van der Waals surface area contributed by atoms with Crippen LogP contribution in [-0.2, 0) is 5.54 Å². The van der Waals surface area contributed by atoms with Crippen molar-refractivity contribution in [2.45, 2.75) is 12.5 Å². The molecule has 3 nitrogen and oxygen atoms in total. The maximum Gasteiger partial charge on any atom is 0.132 e. The Hall–Kier alpha value is -1.40. The predicted molar refractivity (Wildman–Crippen MR) is 50.9 cm³/mol. The molecule has 0 saturated heterocycles. The van der Waals surface area contributed by atoms with E-state index in [0.29, 0.717) is 0 Å². The van der Waals surface area contributed by atoms with E-state index in [-0.39, 0.29) is 0 Å². The van der Waals surface area contributed by atoms with Crippen LogP contribution < -0.4 is 0 Å². The summed E-state index contributed by atoms with van der Waals surface area (Å²) in [6.07, 6.45) is 3.43. The average Bonchev–Trinajstić information content (AvgIpc) is 2.17. The second-order valence-corrected chi connectivity index (χ2v) is 3.32. The third-order valence-electron chi connectivity index (χ3n) is 2.34. The lowest BCUT2D eigenvalue weighted by Crippen LogP contribution is -2.37. The highest BCUT2D eigenvalue weighted by molar-refractivity contribution is 5.27. The van der Waals surface area contributed by atoms with Gasteiger partial charge in [0.15, 0.2) is 0 Å². The van der Waals surface area contributed by atoms with Crippen LogP contribution in [0.25, 0.3) is 0 Å². The first-order valence-electron chi connectivity index (χ1n) is 4.10. The molecule has 1 aromatic rings. The third kappa shape index (κ3) is 1.68. The van der Waals surface area contributed by atoms with Gasteiger partial charge >= 0.3 is 0 Å². The van der Waals surface area contributed by atoms with Gasteiger partial charge in [0.2, 0.25) is 0 Å². The molecular weight excluding hydrogens is 162 g/mol. The topological polar surface area (TPSA) is 39.9 Å². The Balaban J connectivity index is 3.13. The molecule has 1 rings (SSSR count). The molecule has 0 fully saturated rings. The zero-order chi connectivity index (χ0) is 9.90. The molecule has 1 heterocycles. The van der Waals surface area contributed by atoms with Gasteiger partial charge in [0, 0.05) is 18.0 Å². The summed E-state index contributed by atoms with van der Waals surface area (Å²) in [5.41, 5.74) is 0.330. The number of aromatic nitrogens is 1. The third-order valence-corrected chi connectivity index (χ3v) is 2.34. The van der Waals surface area contributed by atoms with E-state index < -0.39 is 5.54 Å². The molecule has 0 bridgehead atoms. The Morgan fingerprint density at radius 3 is 2.62 bits per heavy atom. The lowest BCUT2D eigenvalue weighted by atomic mass is 9.94. The Morgan fingerprint density at radius 2 is 2.23 bits per heavy atom. The van der Waals surface area contributed by atoms with E-state index in [9.17, 15) is 0 Å². The number of pyridine rings is 1. The van der Waals surface area contributed by atoms with E-state index in [0.717, 1.165) is 5.56 Å². The quantitative estimate of drug-likeness (QED) is 0.681. The van der Waals surface area contributed by atoms with Gasteiger partial charge in [-0.05, 0) is 27.1 Å². The van der Waals surface area contributed by atoms with Crippen molar-refractivity contribution >= 4 is 0 Å². The van der Waals surface area contributed by atoms with Crippen molar-refractivity contribution in [1.29, 1.82) is 5.26 Å². The summed E-state index contributed by atoms with van der Waals surface area (Å²) in [5, 5.41) is 9.09. The lowest BCUT2D eigenvalue weighted by Gasteiger charge is -2.29. The van der Waals surface area contributed by atoms with Crippen molar-refractivity contribution in [1.82, 2.24) is 9.88 Å². The van der Waals surface area contributed by atoms with Gasteiger partial charge in [-0.3, -0.25) is 9.88 Å². The zero-order valence-corrected chi connectivity index (χ0v) is 8.15. The monoisotopic (exact) mass is 175 g/mol. The molecule has 68 valence electrons. The van der Waals surface area contributed by atoms with Gasteiger partial charge in [0.05, 0.1) is 6.07 Å². The Morgan fingerprint density at radius 1 is 1.54 bits per heavy atom. The second kappa shape index (κ2) is 3.55. The average molecular weight is 175 g/mol. The van der Waals surface area contributed by atoms with Gasteiger partial charge in [-0.25, -0.2) is 0 Å². The first-order chi connectivity index (χ1) is 6.11. The molecule has 0 aliphatic rings. The highest BCUT2D eigenvalue weighted by Crippen LogP contribution is 2.23. The molecule has 0 radical (unpaired) electrons. The summed E-state index contributed by atoms with van der Waals surface area (Å²) in [4.78, 5) is 5.88. The van der Waals surface area contributed by atoms with Crippen LogP contribution in [0, 0.1) is 11.3 Å². The number of nitriles is 1. The Bertz CT molecular complexity index is 313. The molecule has 0 aliphatic carbocycles. The molecule has 1 atom stereocenters. The summed E-state index contributed by atoms with van der Waals surface area (Å²) in [5.74, 6) is 0. The summed E-state index contributed by atoms with van der Waals surface area (Å²) >= 11 is 0. The summed E-state index contributed by atoms with van der Waals surface area (Å²) < 4.78 is 0. The zero-order valence-electron chi connectivity index (χ0n) is 8.15. The van der Waals surface area contributed by atoms with E-state index >= 15 is 0 Å². The van der Waals surface area contributed by atoms with E-state index in [4.69, 9.17) is 5.26 Å². The summed E-state index contributed by atoms with van der Waals surface area (Å²) in [7, 11) is 3.77. The minimum Gasteiger partial charge on any atom is -0.288 e. The lowest BCUT2D eigenvalue weighted by molar-refractivity contribution is 0.241. The van der Waals surface area contributed by atoms with Crippen LogP contribution in [0.5, 0.6) is 0 Å². The molecule has 3 heteroatoms. The van der Waals surface area contributed by atoms with Crippen LogP contribution >= 0.6 is 0 Å². The number of nitrogens with zero attached hydrogens (tertiary/aromatic N) is 3. The van der Waals surface area contributed by atoms with Crippen LogP contribution in [0.2, 0.25) is 0 Å². The standard InChI is InChI=1S/C10H13N3/c1-10(8-11,13(2)3)9-5-4-6-12-7-9/h4-7H,1-3H3. The van der Waals surface area contributed by atoms with Gasteiger partial charge in [-0.1, -0.05) is 6.07 Å². The smallest absolute Gasteiger partial charge is 0.132 e. The largest absolute Gasteiger partial charge is 0.288 e. The van der Waals surface area contributed by atoms with Crippen molar-refractivity contribution < 1.29 is 0 Å². The summed E-state index contributed by atoms with van der Waals surface area (Å²) in [6, 6.07) is 6.03. The van der Waals surface area contributed by atoms with Crippen LogP contribution in [0.3, 0.4) is 0 Å². The molecular formula is C10H13N3. The molecule has 0 N–H and O–H groups in total. The fraction of sp³-hybridized carbons (Fsp3) is 0.400. The number of rotatable bonds is 2. The van der Waals surface area contributed by atoms with Gasteiger partial charge in [-0.2, -0.15) is 5.26 Å². The van der Waals surface area contributed by atoms with Crippen LogP contribution in [0.15, 0.2) is 24.5 Å². The maximum absolute atomic E-state index is 9.09. The van der Waals surface area contributed by atoms with Crippen molar-refractivity contribution in [3.8, 4) is 6.07 Å². The Kier molecular flexibility index (Phi) is 2.64. The van der Waals surface area contributed by atoms with Gasteiger partial charge in [0.25, 0.3) is 0 Å². The van der Waals surface area contributed by atoms with E-state index in [2.05, 4.69) is 11.1 Å². The van der Waals surface area contributed by atoms with E-state index in [1.54, 1.807) is 12.4 Å². The highest BCUT2D eigenvalue weighted by Gasteiger charge is 2.28. The first-order valence-corrected chi connectivity index (χ1v) is 4.10. The van der Waals surface area contributed by atoms with Crippen LogP contribution in [0.4, 0.5) is 0 Å². The molecule has 0 aliphatic heterocycles. The molecule has 0 amide bonds. The number of hydrogen-bond acceptors (Lipinski definition) is 3. The summed E-state index contributed by atoms with van der Waals surface area (Å²) in [6.45, 7) is 1.88. The van der Waals surface area contributed by atoms with E-state index in [1.165, 1.54) is 0 Å². The maximum atomic E-state index is 9.09. The minimum absolute atomic E-state index is 0.589. The van der Waals surface area contributed by atoms with Crippen LogP contribution in [-0.4, -0.2) is 24.0 Å². The van der Waals surface area contributed by atoms with Crippen molar-refractivity contribution in [2.24, 2.45) is 0 Å². The van der Waals surface area contributed by atoms with Gasteiger partial charge < -0.3 is 0 Å². The normalized spacial score (nSPS) is 15.0. The molecule has 1 unspecified atom stereocenters. The fourth-order valence-corrected chi connectivity index (χ4v) is 1.07. The molecule has 0 saturated carbocycles. The first kappa shape index (κ1) is 9.69. The van der Waals surface area contributed by atoms with Crippen molar-refractivity contribution in [3.63, 3.8) is 0 Å². The highest BCUT2D eigenvalue weighted by atomic mass is 15.1. The molecule has 0 aromatic carbocycles. The van der Waals surface area contributed by atoms with E-state index in [1.807, 2.05) is 38.1 Å². The van der Waals surface area contributed by atoms with Crippen LogP contribution in [0.1, 0.15) is 12.5 Å². The minimum atomic E-state index is -0.589. The second-order valence-electron chi connectivity index (χ2n) is 3.32. The fourth-order valence-electron chi connectivity index (χ4n) is 1.07. The SMILES string of the molecule is CN(C)C(C)(C#N)c1cccnc1. The van der Waals surface area contributed by atoms with Gasteiger partial charge in [0.1, 0.15) is 5.54 Å². The molecule has 1 aromatic heterocycles. The van der Waals surface area contributed by atoms with Crippen molar-refractivity contribution in [3.05, 3.63) is 30.1 Å². The Labute approximate surface area is 78.6 Å². The molecule has 0 spiro atoms. The van der Waals surface area contributed by atoms with Crippen molar-refractivity contribution in [2.75, 3.05) is 14.1 Å².